The second-order valence-electron chi connectivity index (χ2n) is 6.33. The van der Waals surface area contributed by atoms with Gasteiger partial charge in [0.2, 0.25) is 0 Å². The fraction of sp³-hybridized carbons (Fsp3) is 0.250. The number of nitriles is 1. The number of hydrogen-bond acceptors (Lipinski definition) is 4. The van der Waals surface area contributed by atoms with Gasteiger partial charge in [0.25, 0.3) is 5.91 Å². The Labute approximate surface area is 161 Å². The van der Waals surface area contributed by atoms with Gasteiger partial charge in [-0.2, -0.15) is 5.26 Å². The first-order chi connectivity index (χ1) is 13.0. The molecule has 7 heteroatoms. The van der Waals surface area contributed by atoms with Gasteiger partial charge in [-0.3, -0.25) is 4.79 Å². The predicted octanol–water partition coefficient (Wildman–Crippen LogP) is 4.26. The average Bonchev–Trinajstić information content (AvgIpc) is 3.31. The van der Waals surface area contributed by atoms with Crippen molar-refractivity contribution >= 4 is 29.6 Å². The fourth-order valence-corrected chi connectivity index (χ4v) is 3.25. The minimum atomic E-state index is -1.14. The van der Waals surface area contributed by atoms with Gasteiger partial charge in [0.05, 0.1) is 10.6 Å². The van der Waals surface area contributed by atoms with Gasteiger partial charge in [0, 0.05) is 17.7 Å². The molecule has 2 aromatic rings. The maximum absolute atomic E-state index is 12.2. The van der Waals surface area contributed by atoms with Crippen LogP contribution in [0.15, 0.2) is 40.3 Å². The van der Waals surface area contributed by atoms with Crippen LogP contribution >= 0.6 is 11.6 Å². The van der Waals surface area contributed by atoms with E-state index in [1.54, 1.807) is 18.2 Å². The summed E-state index contributed by atoms with van der Waals surface area (Å²) < 4.78 is 5.65. The molecule has 0 bridgehead atoms. The zero-order chi connectivity index (χ0) is 19.4. The Kier molecular flexibility index (Phi) is 5.63. The summed E-state index contributed by atoms with van der Waals surface area (Å²) in [4.78, 5) is 23.5. The van der Waals surface area contributed by atoms with Crippen LogP contribution < -0.4 is 5.32 Å². The van der Waals surface area contributed by atoms with Crippen molar-refractivity contribution in [3.63, 3.8) is 0 Å². The summed E-state index contributed by atoms with van der Waals surface area (Å²) in [6.45, 7) is 0. The van der Waals surface area contributed by atoms with Crippen LogP contribution in [0.3, 0.4) is 0 Å². The normalized spacial score (nSPS) is 14.7. The third kappa shape index (κ3) is 4.39. The molecule has 0 atom stereocenters. The van der Waals surface area contributed by atoms with Crippen LogP contribution in [0, 0.1) is 11.3 Å². The summed E-state index contributed by atoms with van der Waals surface area (Å²) in [5, 5.41) is 21.4. The van der Waals surface area contributed by atoms with Crippen molar-refractivity contribution in [1.82, 2.24) is 5.32 Å². The summed E-state index contributed by atoms with van der Waals surface area (Å²) in [5.41, 5.74) is 0.465. The van der Waals surface area contributed by atoms with Crippen molar-refractivity contribution in [2.75, 3.05) is 0 Å². The molecule has 0 spiro atoms. The van der Waals surface area contributed by atoms with Crippen LogP contribution in [0.4, 0.5) is 0 Å². The second-order valence-corrected chi connectivity index (χ2v) is 6.73. The van der Waals surface area contributed by atoms with Gasteiger partial charge in [-0.25, -0.2) is 4.79 Å². The number of nitrogens with one attached hydrogen (secondary N) is 1. The van der Waals surface area contributed by atoms with E-state index in [1.807, 2.05) is 6.07 Å². The van der Waals surface area contributed by atoms with Crippen molar-refractivity contribution in [2.45, 2.75) is 31.7 Å². The Morgan fingerprint density at radius 3 is 2.67 bits per heavy atom. The summed E-state index contributed by atoms with van der Waals surface area (Å²) in [6.07, 6.45) is 5.40. The van der Waals surface area contributed by atoms with Crippen LogP contribution in [0.1, 0.15) is 41.8 Å². The Bertz CT molecular complexity index is 949. The van der Waals surface area contributed by atoms with Crippen molar-refractivity contribution in [3.8, 4) is 17.4 Å². The first-order valence-electron chi connectivity index (χ1n) is 8.53. The van der Waals surface area contributed by atoms with Gasteiger partial charge < -0.3 is 14.8 Å². The lowest BCUT2D eigenvalue weighted by Gasteiger charge is -2.10. The molecule has 1 aromatic carbocycles. The average molecular weight is 385 g/mol. The first-order valence-corrected chi connectivity index (χ1v) is 8.91. The minimum Gasteiger partial charge on any atom is -0.478 e. The highest BCUT2D eigenvalue weighted by molar-refractivity contribution is 6.33. The molecule has 1 heterocycles. The number of carboxylic acid groups (broad SMARTS) is 1. The zero-order valence-electron chi connectivity index (χ0n) is 14.4. The molecular weight excluding hydrogens is 368 g/mol. The predicted molar refractivity (Wildman–Crippen MR) is 100 cm³/mol. The topological polar surface area (TPSA) is 103 Å². The van der Waals surface area contributed by atoms with E-state index in [1.165, 1.54) is 18.2 Å². The smallest absolute Gasteiger partial charge is 0.337 e. The Morgan fingerprint density at radius 2 is 2.00 bits per heavy atom. The molecule has 2 N–H and O–H groups in total. The number of carbonyl (C=O) groups is 2. The highest BCUT2D eigenvalue weighted by Crippen LogP contribution is 2.27. The molecule has 0 unspecified atom stereocenters. The van der Waals surface area contributed by atoms with Gasteiger partial charge in [-0.05, 0) is 43.2 Å². The SMILES string of the molecule is N#C/C(=C/c1ccc(-c2ccc(Cl)c(C(=O)O)c2)o1)C(=O)NC1CCCC1. The molecular formula is C20H17ClN2O4. The Balaban J connectivity index is 1.81. The summed E-state index contributed by atoms with van der Waals surface area (Å²) in [5.74, 6) is -0.810. The summed E-state index contributed by atoms with van der Waals surface area (Å²) in [7, 11) is 0. The van der Waals surface area contributed by atoms with Gasteiger partial charge in [-0.1, -0.05) is 24.4 Å². The molecule has 1 aliphatic rings. The molecule has 138 valence electrons. The number of furan rings is 1. The Morgan fingerprint density at radius 1 is 1.26 bits per heavy atom. The molecule has 0 radical (unpaired) electrons. The number of halogens is 1. The second kappa shape index (κ2) is 8.11. The van der Waals surface area contributed by atoms with E-state index in [9.17, 15) is 14.9 Å². The largest absolute Gasteiger partial charge is 0.478 e. The lowest BCUT2D eigenvalue weighted by molar-refractivity contribution is -0.117. The number of benzene rings is 1. The number of hydrogen-bond donors (Lipinski definition) is 2. The number of aromatic carboxylic acids is 1. The molecule has 0 saturated heterocycles. The summed E-state index contributed by atoms with van der Waals surface area (Å²) in [6, 6.07) is 9.80. The maximum Gasteiger partial charge on any atom is 0.337 e. The standard InChI is InChI=1S/C20H17ClN2O4/c21-17-7-5-12(10-16(17)20(25)26)18-8-6-15(27-18)9-13(11-22)19(24)23-14-3-1-2-4-14/h5-10,14H,1-4H2,(H,23,24)(H,25,26)/b13-9-. The van der Waals surface area contributed by atoms with E-state index < -0.39 is 11.9 Å². The number of carboxylic acids is 1. The van der Waals surface area contributed by atoms with Crippen LogP contribution in [-0.2, 0) is 4.79 Å². The van der Waals surface area contributed by atoms with E-state index in [0.717, 1.165) is 25.7 Å². The van der Waals surface area contributed by atoms with Gasteiger partial charge in [-0.15, -0.1) is 0 Å². The highest BCUT2D eigenvalue weighted by Gasteiger charge is 2.19. The molecule has 3 rings (SSSR count). The number of carbonyl (C=O) groups excluding carboxylic acids is 1. The molecule has 1 aliphatic carbocycles. The highest BCUT2D eigenvalue weighted by atomic mass is 35.5. The van der Waals surface area contributed by atoms with E-state index in [2.05, 4.69) is 5.32 Å². The van der Waals surface area contributed by atoms with Crippen molar-refractivity contribution in [1.29, 1.82) is 5.26 Å². The molecule has 1 aromatic heterocycles. The van der Waals surface area contributed by atoms with E-state index in [4.69, 9.17) is 21.1 Å². The molecule has 1 amide bonds. The Hall–Kier alpha value is -3.04. The third-order valence-corrected chi connectivity index (χ3v) is 4.78. The summed E-state index contributed by atoms with van der Waals surface area (Å²) >= 11 is 5.87. The van der Waals surface area contributed by atoms with E-state index >= 15 is 0 Å². The lowest BCUT2D eigenvalue weighted by Crippen LogP contribution is -2.33. The monoisotopic (exact) mass is 384 g/mol. The quantitative estimate of drug-likeness (QED) is 0.592. The van der Waals surface area contributed by atoms with Crippen molar-refractivity contribution in [3.05, 3.63) is 52.3 Å². The number of rotatable bonds is 5. The van der Waals surface area contributed by atoms with Crippen LogP contribution in [0.25, 0.3) is 17.4 Å². The van der Waals surface area contributed by atoms with Gasteiger partial charge >= 0.3 is 5.97 Å². The molecule has 6 nitrogen and oxygen atoms in total. The van der Waals surface area contributed by atoms with E-state index in [-0.39, 0.29) is 22.2 Å². The fourth-order valence-electron chi connectivity index (χ4n) is 3.05. The minimum absolute atomic E-state index is 0.0312. The lowest BCUT2D eigenvalue weighted by atomic mass is 10.1. The van der Waals surface area contributed by atoms with Gasteiger partial charge in [0.15, 0.2) is 0 Å². The molecule has 27 heavy (non-hydrogen) atoms. The van der Waals surface area contributed by atoms with E-state index in [0.29, 0.717) is 17.1 Å². The molecule has 0 aliphatic heterocycles. The third-order valence-electron chi connectivity index (χ3n) is 4.45. The van der Waals surface area contributed by atoms with Crippen molar-refractivity contribution < 1.29 is 19.1 Å². The van der Waals surface area contributed by atoms with Crippen LogP contribution in [0.5, 0.6) is 0 Å². The first kappa shape index (κ1) is 18.7. The van der Waals surface area contributed by atoms with Gasteiger partial charge in [0.1, 0.15) is 23.2 Å². The van der Waals surface area contributed by atoms with Crippen LogP contribution in [-0.4, -0.2) is 23.0 Å². The zero-order valence-corrected chi connectivity index (χ0v) is 15.1. The number of nitrogens with zero attached hydrogens (tertiary/aromatic N) is 1. The maximum atomic E-state index is 12.2. The molecule has 1 saturated carbocycles. The van der Waals surface area contributed by atoms with Crippen molar-refractivity contribution in [2.24, 2.45) is 0 Å². The number of amides is 1. The molecule has 1 fully saturated rings. The van der Waals surface area contributed by atoms with Crippen LogP contribution in [0.2, 0.25) is 5.02 Å².